The molecular weight excluding hydrogens is 1030 g/mol. The van der Waals surface area contributed by atoms with Gasteiger partial charge in [0.1, 0.15) is 0 Å². The SMILES string of the molecule is [O]=[Ti]([O-])[O-].[O]=[Ti]([O-])[O-].[O]=[Ti]([O-])[O-].[O]=[Ti]([O-])[O-].[O]=[Ti]([O-])[O-].[O]=[Ti]([O-])[O-].[O]=[Ti]([O-])[O-].[Y+3].[Y+3].[Zr+4].[Zr+4]. The maximum atomic E-state index is 8.58. The zero-order valence-corrected chi connectivity index (χ0v) is 35.8. The molecule has 0 rings (SSSR count). The van der Waals surface area contributed by atoms with Crippen LogP contribution in [0.5, 0.6) is 0 Å². The topological polar surface area (TPSA) is 442 Å². The van der Waals surface area contributed by atoms with E-state index in [1.807, 2.05) is 0 Å². The van der Waals surface area contributed by atoms with Crippen LogP contribution < -0.4 is 51.6 Å². The van der Waals surface area contributed by atoms with Crippen molar-refractivity contribution < 1.29 is 323 Å². The van der Waals surface area contributed by atoms with Crippen LogP contribution in [0.4, 0.5) is 0 Å². The summed E-state index contributed by atoms with van der Waals surface area (Å²) in [5.74, 6) is 0. The van der Waals surface area contributed by atoms with Gasteiger partial charge in [-0.2, -0.15) is 0 Å². The molecule has 0 radical (unpaired) electrons. The van der Waals surface area contributed by atoms with Gasteiger partial charge in [0, 0.05) is 0 Å². The third-order valence-electron chi connectivity index (χ3n) is 0. The van der Waals surface area contributed by atoms with E-state index in [4.69, 9.17) is 74.9 Å². The number of rotatable bonds is 0. The van der Waals surface area contributed by atoms with Crippen molar-refractivity contribution in [3.8, 4) is 0 Å². The zero-order valence-electron chi connectivity index (χ0n) is 14.2. The molecule has 0 fully saturated rings. The maximum absolute atomic E-state index is 8.58. The average Bonchev–Trinajstić information content (AvgIpc) is 2.20. The van der Waals surface area contributed by atoms with Gasteiger partial charge >= 0.3 is 323 Å². The van der Waals surface area contributed by atoms with Gasteiger partial charge in [-0.3, -0.25) is 0 Å². The van der Waals surface area contributed by atoms with Crippen LogP contribution in [0.15, 0.2) is 0 Å². The third-order valence-corrected chi connectivity index (χ3v) is 0. The van der Waals surface area contributed by atoms with Crippen LogP contribution in [-0.2, 0) is 271 Å². The van der Waals surface area contributed by atoms with Crippen LogP contribution in [0.25, 0.3) is 0 Å². The quantitative estimate of drug-likeness (QED) is 0.203. The van der Waals surface area contributed by atoms with E-state index in [1.54, 1.807) is 0 Å². The smallest absolute Gasteiger partial charge is 3.00 e. The molecule has 0 aromatic rings. The molecule has 168 valence electrons. The van der Waals surface area contributed by atoms with Crippen LogP contribution in [0, 0.1) is 0 Å². The van der Waals surface area contributed by atoms with Gasteiger partial charge in [-0.15, -0.1) is 0 Å². The fraction of sp³-hybridized carbons (Fsp3) is 0. The molecule has 0 atom stereocenters. The second kappa shape index (κ2) is 66.4. The molecule has 0 N–H and O–H groups in total. The molecule has 0 amide bonds. The third kappa shape index (κ3) is 976. The molecular formula is O21Ti7Y2Zr2. The van der Waals surface area contributed by atoms with Gasteiger partial charge in [0.2, 0.25) is 0 Å². The van der Waals surface area contributed by atoms with Crippen LogP contribution in [0.2, 0.25) is 0 Å². The second-order valence-electron chi connectivity index (χ2n) is 1.75. The van der Waals surface area contributed by atoms with Crippen molar-refractivity contribution in [3.05, 3.63) is 0 Å². The van der Waals surface area contributed by atoms with Crippen molar-refractivity contribution in [2.24, 2.45) is 0 Å². The average molecular weight is 1030 g/mol. The van der Waals surface area contributed by atoms with Crippen molar-refractivity contribution in [2.75, 3.05) is 0 Å². The molecule has 0 aliphatic carbocycles. The van der Waals surface area contributed by atoms with Crippen molar-refractivity contribution in [2.45, 2.75) is 0 Å². The minimum atomic E-state index is -4.08. The molecule has 32 heteroatoms. The Morgan fingerprint density at radius 1 is 0.250 bits per heavy atom. The number of hydrogen-bond donors (Lipinski definition) is 0. The first kappa shape index (κ1) is 71.8. The Morgan fingerprint density at radius 3 is 0.250 bits per heavy atom. The van der Waals surface area contributed by atoms with Gasteiger partial charge in [0.25, 0.3) is 0 Å². The maximum Gasteiger partial charge on any atom is 4.00 e. The zero-order chi connectivity index (χ0) is 25.0. The predicted molar refractivity (Wildman–Crippen MR) is 4.81 cm³/mol. The van der Waals surface area contributed by atoms with Gasteiger partial charge in [-0.1, -0.05) is 0 Å². The molecule has 0 spiro atoms. The molecule has 0 aromatic heterocycles. The van der Waals surface area contributed by atoms with Crippen LogP contribution in [0.3, 0.4) is 0 Å². The van der Waals surface area contributed by atoms with E-state index in [0.29, 0.717) is 0 Å². The van der Waals surface area contributed by atoms with Gasteiger partial charge in [-0.05, 0) is 0 Å². The first-order valence-corrected chi connectivity index (χ1v) is 17.7. The predicted octanol–water partition coefficient (Wildman–Crippen LogP) is -17.5. The molecule has 32 heavy (non-hydrogen) atoms. The Morgan fingerprint density at radius 2 is 0.250 bits per heavy atom. The monoisotopic (exact) mass is 1030 g/mol. The Kier molecular flexibility index (Phi) is 149. The molecule has 0 bridgehead atoms. The summed E-state index contributed by atoms with van der Waals surface area (Å²) in [5, 5.41) is 0. The largest absolute Gasteiger partial charge is 4.00 e. The summed E-state index contributed by atoms with van der Waals surface area (Å²) >= 11 is -28.6. The molecule has 0 aliphatic rings. The molecule has 0 saturated heterocycles. The first-order chi connectivity index (χ1) is 12.1. The fourth-order valence-corrected chi connectivity index (χ4v) is 0. The van der Waals surface area contributed by atoms with Crippen molar-refractivity contribution in [1.29, 1.82) is 0 Å². The van der Waals surface area contributed by atoms with Crippen molar-refractivity contribution >= 4 is 0 Å². The fourth-order valence-electron chi connectivity index (χ4n) is 0. The summed E-state index contributed by atoms with van der Waals surface area (Å²) in [5.41, 5.74) is 0. The molecule has 0 saturated carbocycles. The molecule has 0 aromatic carbocycles. The van der Waals surface area contributed by atoms with Gasteiger partial charge in [-0.25, -0.2) is 0 Å². The summed E-state index contributed by atoms with van der Waals surface area (Å²) in [6, 6.07) is 0. The van der Waals surface area contributed by atoms with Crippen LogP contribution >= 0.6 is 0 Å². The van der Waals surface area contributed by atoms with Crippen LogP contribution in [-0.4, -0.2) is 0 Å². The summed E-state index contributed by atoms with van der Waals surface area (Å²) in [7, 11) is 0. The van der Waals surface area contributed by atoms with Gasteiger partial charge in [0.15, 0.2) is 0 Å². The molecule has 0 heterocycles. The first-order valence-electron chi connectivity index (χ1n) is 4.29. The molecule has 0 aliphatic heterocycles. The van der Waals surface area contributed by atoms with E-state index < -0.39 is 130 Å². The molecule has 0 unspecified atom stereocenters. The van der Waals surface area contributed by atoms with Crippen LogP contribution in [0.1, 0.15) is 0 Å². The standard InChI is InChI=1S/21O.7Ti.2Y.2Zr/q;;;;;;;14*-1;;;;;;;;2*+3;2*+4. The summed E-state index contributed by atoms with van der Waals surface area (Å²) in [6.45, 7) is 0. The minimum Gasteiger partial charge on any atom is 3.00 e. The Labute approximate surface area is 315 Å². The van der Waals surface area contributed by atoms with E-state index in [9.17, 15) is 0 Å². The Hall–Kier alpha value is 7.01. The van der Waals surface area contributed by atoms with Crippen molar-refractivity contribution in [3.63, 3.8) is 0 Å². The Balaban J connectivity index is -0.0000000175. The summed E-state index contributed by atoms with van der Waals surface area (Å²) in [4.78, 5) is 0. The second-order valence-corrected chi connectivity index (χ2v) is 7.22. The van der Waals surface area contributed by atoms with Gasteiger partial charge < -0.3 is 0 Å². The Bertz CT molecular complexity index is 323. The summed E-state index contributed by atoms with van der Waals surface area (Å²) in [6.07, 6.45) is 0. The van der Waals surface area contributed by atoms with E-state index >= 15 is 0 Å². The minimum absolute atomic E-state index is 0. The van der Waals surface area contributed by atoms with E-state index in [-0.39, 0.29) is 118 Å². The van der Waals surface area contributed by atoms with Gasteiger partial charge in [0.05, 0.1) is 0 Å². The number of hydrogen-bond acceptors (Lipinski definition) is 21. The normalized spacial score (nSPS) is 5.69. The van der Waals surface area contributed by atoms with E-state index in [1.165, 1.54) is 0 Å². The van der Waals surface area contributed by atoms with E-state index in [0.717, 1.165) is 0 Å². The summed E-state index contributed by atoms with van der Waals surface area (Å²) < 4.78 is 180. The van der Waals surface area contributed by atoms with E-state index in [2.05, 4.69) is 0 Å². The molecule has 21 nitrogen and oxygen atoms in total. The van der Waals surface area contributed by atoms with Crippen molar-refractivity contribution in [1.82, 2.24) is 0 Å².